The van der Waals surface area contributed by atoms with Gasteiger partial charge in [0.15, 0.2) is 0 Å². The maximum atomic E-state index is 11.9. The fraction of sp³-hybridized carbons (Fsp3) is 0.600. The Labute approximate surface area is 116 Å². The first-order chi connectivity index (χ1) is 9.13. The van der Waals surface area contributed by atoms with E-state index in [1.54, 1.807) is 6.07 Å². The standard InChI is InChI=1S/C15H25N3O/c1-4-10-16-14-9-5-8-13(18-14)15(19)17-11-6-7-12(2)3/h5,8-9,12H,4,6-7,10-11H2,1-3H3,(H,16,18)(H,17,19). The molecule has 0 aliphatic heterocycles. The SMILES string of the molecule is CCCNc1cccc(C(=O)NCCCC(C)C)n1. The van der Waals surface area contributed by atoms with E-state index in [1.165, 1.54) is 0 Å². The highest BCUT2D eigenvalue weighted by atomic mass is 16.1. The number of anilines is 1. The molecule has 0 saturated carbocycles. The third kappa shape index (κ3) is 6.22. The summed E-state index contributed by atoms with van der Waals surface area (Å²) < 4.78 is 0. The van der Waals surface area contributed by atoms with Crippen molar-refractivity contribution < 1.29 is 4.79 Å². The number of pyridine rings is 1. The van der Waals surface area contributed by atoms with Crippen LogP contribution in [0.25, 0.3) is 0 Å². The second kappa shape index (κ2) is 8.51. The van der Waals surface area contributed by atoms with Gasteiger partial charge in [0.2, 0.25) is 0 Å². The van der Waals surface area contributed by atoms with Crippen molar-refractivity contribution >= 4 is 11.7 Å². The summed E-state index contributed by atoms with van der Waals surface area (Å²) in [5.74, 6) is 1.34. The first kappa shape index (κ1) is 15.5. The molecule has 0 unspecified atom stereocenters. The summed E-state index contributed by atoms with van der Waals surface area (Å²) in [7, 11) is 0. The molecule has 0 aliphatic carbocycles. The molecule has 0 fully saturated rings. The number of nitrogens with one attached hydrogen (secondary N) is 2. The van der Waals surface area contributed by atoms with Gasteiger partial charge in [-0.2, -0.15) is 0 Å². The van der Waals surface area contributed by atoms with Crippen LogP contribution in [0.2, 0.25) is 0 Å². The van der Waals surface area contributed by atoms with Crippen molar-refractivity contribution in [3.05, 3.63) is 23.9 Å². The molecule has 0 saturated heterocycles. The van der Waals surface area contributed by atoms with E-state index in [-0.39, 0.29) is 5.91 Å². The summed E-state index contributed by atoms with van der Waals surface area (Å²) in [6, 6.07) is 5.48. The zero-order chi connectivity index (χ0) is 14.1. The van der Waals surface area contributed by atoms with Crippen LogP contribution in [0.5, 0.6) is 0 Å². The highest BCUT2D eigenvalue weighted by Gasteiger charge is 2.07. The van der Waals surface area contributed by atoms with Crippen LogP contribution in [-0.4, -0.2) is 24.0 Å². The molecule has 1 aromatic heterocycles. The normalized spacial score (nSPS) is 10.5. The van der Waals surface area contributed by atoms with E-state index in [0.29, 0.717) is 18.2 Å². The minimum atomic E-state index is -0.0936. The van der Waals surface area contributed by atoms with Crippen LogP contribution in [-0.2, 0) is 0 Å². The fourth-order valence-electron chi connectivity index (χ4n) is 1.72. The van der Waals surface area contributed by atoms with E-state index >= 15 is 0 Å². The molecule has 4 nitrogen and oxygen atoms in total. The summed E-state index contributed by atoms with van der Waals surface area (Å²) in [5.41, 5.74) is 0.477. The first-order valence-electron chi connectivity index (χ1n) is 7.12. The van der Waals surface area contributed by atoms with Crippen LogP contribution in [0.4, 0.5) is 5.82 Å². The Morgan fingerprint density at radius 1 is 1.32 bits per heavy atom. The summed E-state index contributed by atoms with van der Waals surface area (Å²) in [4.78, 5) is 16.2. The molecular formula is C15H25N3O. The second-order valence-electron chi connectivity index (χ2n) is 5.13. The van der Waals surface area contributed by atoms with Crippen LogP contribution in [0.3, 0.4) is 0 Å². The molecule has 19 heavy (non-hydrogen) atoms. The molecule has 0 atom stereocenters. The van der Waals surface area contributed by atoms with E-state index in [0.717, 1.165) is 31.6 Å². The summed E-state index contributed by atoms with van der Waals surface area (Å²) >= 11 is 0. The van der Waals surface area contributed by atoms with Gasteiger partial charge in [-0.3, -0.25) is 4.79 Å². The van der Waals surface area contributed by atoms with Crippen molar-refractivity contribution in [3.8, 4) is 0 Å². The number of carbonyl (C=O) groups excluding carboxylic acids is 1. The number of carbonyl (C=O) groups is 1. The first-order valence-corrected chi connectivity index (χ1v) is 7.12. The lowest BCUT2D eigenvalue weighted by atomic mass is 10.1. The fourth-order valence-corrected chi connectivity index (χ4v) is 1.72. The topological polar surface area (TPSA) is 54.0 Å². The van der Waals surface area contributed by atoms with E-state index in [9.17, 15) is 4.79 Å². The Balaban J connectivity index is 2.43. The average molecular weight is 263 g/mol. The van der Waals surface area contributed by atoms with Gasteiger partial charge >= 0.3 is 0 Å². The largest absolute Gasteiger partial charge is 0.370 e. The van der Waals surface area contributed by atoms with Crippen LogP contribution < -0.4 is 10.6 Å². The molecule has 1 amide bonds. The zero-order valence-electron chi connectivity index (χ0n) is 12.2. The van der Waals surface area contributed by atoms with E-state index in [4.69, 9.17) is 0 Å². The Morgan fingerprint density at radius 2 is 2.11 bits per heavy atom. The van der Waals surface area contributed by atoms with Crippen molar-refractivity contribution in [3.63, 3.8) is 0 Å². The second-order valence-corrected chi connectivity index (χ2v) is 5.13. The molecule has 0 spiro atoms. The molecule has 2 N–H and O–H groups in total. The molecule has 0 aromatic carbocycles. The molecule has 0 bridgehead atoms. The quantitative estimate of drug-likeness (QED) is 0.709. The maximum absolute atomic E-state index is 11.9. The average Bonchev–Trinajstić information content (AvgIpc) is 2.41. The molecule has 1 heterocycles. The van der Waals surface area contributed by atoms with E-state index < -0.39 is 0 Å². The van der Waals surface area contributed by atoms with Gasteiger partial charge in [-0.1, -0.05) is 26.8 Å². The number of aromatic nitrogens is 1. The smallest absolute Gasteiger partial charge is 0.269 e. The molecule has 1 aromatic rings. The molecule has 0 aliphatic rings. The predicted molar refractivity (Wildman–Crippen MR) is 79.4 cm³/mol. The van der Waals surface area contributed by atoms with Crippen molar-refractivity contribution in [2.75, 3.05) is 18.4 Å². The highest BCUT2D eigenvalue weighted by molar-refractivity contribution is 5.92. The Hall–Kier alpha value is -1.58. The molecular weight excluding hydrogens is 238 g/mol. The van der Waals surface area contributed by atoms with E-state index in [2.05, 4.69) is 36.4 Å². The summed E-state index contributed by atoms with van der Waals surface area (Å²) in [6.07, 6.45) is 3.18. The van der Waals surface area contributed by atoms with Crippen LogP contribution >= 0.6 is 0 Å². The Bertz CT molecular complexity index is 391. The minimum absolute atomic E-state index is 0.0936. The van der Waals surface area contributed by atoms with Gasteiger partial charge in [0.05, 0.1) is 0 Å². The number of rotatable bonds is 8. The van der Waals surface area contributed by atoms with Crippen LogP contribution in [0, 0.1) is 5.92 Å². The molecule has 4 heteroatoms. The van der Waals surface area contributed by atoms with Gasteiger partial charge in [0, 0.05) is 13.1 Å². The lowest BCUT2D eigenvalue weighted by molar-refractivity contribution is 0.0947. The van der Waals surface area contributed by atoms with Gasteiger partial charge in [0.1, 0.15) is 11.5 Å². The van der Waals surface area contributed by atoms with Crippen molar-refractivity contribution in [1.29, 1.82) is 0 Å². The number of hydrogen-bond donors (Lipinski definition) is 2. The zero-order valence-corrected chi connectivity index (χ0v) is 12.2. The Morgan fingerprint density at radius 3 is 2.79 bits per heavy atom. The number of hydrogen-bond acceptors (Lipinski definition) is 3. The van der Waals surface area contributed by atoms with Gasteiger partial charge in [0.25, 0.3) is 5.91 Å². The molecule has 0 radical (unpaired) electrons. The third-order valence-electron chi connectivity index (χ3n) is 2.78. The lowest BCUT2D eigenvalue weighted by Crippen LogP contribution is -2.25. The van der Waals surface area contributed by atoms with Crippen LogP contribution in [0.15, 0.2) is 18.2 Å². The minimum Gasteiger partial charge on any atom is -0.370 e. The maximum Gasteiger partial charge on any atom is 0.269 e. The van der Waals surface area contributed by atoms with E-state index in [1.807, 2.05) is 12.1 Å². The molecule has 106 valence electrons. The van der Waals surface area contributed by atoms with Crippen molar-refractivity contribution in [1.82, 2.24) is 10.3 Å². The summed E-state index contributed by atoms with van der Waals surface area (Å²) in [5, 5.41) is 6.09. The van der Waals surface area contributed by atoms with Gasteiger partial charge in [-0.25, -0.2) is 4.98 Å². The van der Waals surface area contributed by atoms with Gasteiger partial charge < -0.3 is 10.6 Å². The summed E-state index contributed by atoms with van der Waals surface area (Å²) in [6.45, 7) is 8.05. The monoisotopic (exact) mass is 263 g/mol. The Kier molecular flexibility index (Phi) is 6.93. The van der Waals surface area contributed by atoms with Gasteiger partial charge in [-0.05, 0) is 37.3 Å². The van der Waals surface area contributed by atoms with Crippen LogP contribution in [0.1, 0.15) is 50.5 Å². The van der Waals surface area contributed by atoms with Crippen molar-refractivity contribution in [2.24, 2.45) is 5.92 Å². The van der Waals surface area contributed by atoms with Gasteiger partial charge in [-0.15, -0.1) is 0 Å². The third-order valence-corrected chi connectivity index (χ3v) is 2.78. The predicted octanol–water partition coefficient (Wildman–Crippen LogP) is 3.07. The highest BCUT2D eigenvalue weighted by Crippen LogP contribution is 2.05. The number of nitrogens with zero attached hydrogens (tertiary/aromatic N) is 1. The number of amides is 1. The lowest BCUT2D eigenvalue weighted by Gasteiger charge is -2.08. The van der Waals surface area contributed by atoms with Crippen molar-refractivity contribution in [2.45, 2.75) is 40.0 Å². The molecule has 1 rings (SSSR count).